The number of benzene rings is 2. The van der Waals surface area contributed by atoms with Gasteiger partial charge in [0.05, 0.1) is 11.6 Å². The van der Waals surface area contributed by atoms with Crippen LogP contribution < -0.4 is 10.5 Å². The molecule has 0 fully saturated rings. The van der Waals surface area contributed by atoms with Gasteiger partial charge in [0.15, 0.2) is 0 Å². The summed E-state index contributed by atoms with van der Waals surface area (Å²) in [7, 11) is 0. The van der Waals surface area contributed by atoms with Crippen LogP contribution in [0.1, 0.15) is 11.3 Å². The van der Waals surface area contributed by atoms with Crippen molar-refractivity contribution >= 4 is 16.5 Å². The van der Waals surface area contributed by atoms with Gasteiger partial charge < -0.3 is 10.5 Å². The lowest BCUT2D eigenvalue weighted by atomic mass is 10.1. The molecule has 0 bridgehead atoms. The third-order valence-electron chi connectivity index (χ3n) is 3.24. The fraction of sp³-hybridized carbons (Fsp3) is 0.0588. The molecule has 0 unspecified atom stereocenters. The minimum Gasteiger partial charge on any atom is -0.457 e. The molecule has 21 heavy (non-hydrogen) atoms. The summed E-state index contributed by atoms with van der Waals surface area (Å²) in [4.78, 5) is 4.27. The number of nitrogen functional groups attached to an aromatic ring is 1. The van der Waals surface area contributed by atoms with Crippen LogP contribution in [0.25, 0.3) is 10.8 Å². The van der Waals surface area contributed by atoms with Gasteiger partial charge >= 0.3 is 0 Å². The Labute approximate surface area is 122 Å². The molecule has 2 N–H and O–H groups in total. The van der Waals surface area contributed by atoms with E-state index < -0.39 is 0 Å². The van der Waals surface area contributed by atoms with Crippen molar-refractivity contribution < 1.29 is 4.74 Å². The van der Waals surface area contributed by atoms with Crippen LogP contribution in [0.2, 0.25) is 0 Å². The summed E-state index contributed by atoms with van der Waals surface area (Å²) in [6.07, 6.45) is 1.76. The first kappa shape index (κ1) is 12.9. The molecular weight excluding hydrogens is 262 g/mol. The van der Waals surface area contributed by atoms with E-state index in [1.807, 2.05) is 19.1 Å². The Morgan fingerprint density at radius 1 is 1.10 bits per heavy atom. The highest BCUT2D eigenvalue weighted by molar-refractivity contribution is 5.96. The average Bonchev–Trinajstić information content (AvgIpc) is 2.51. The zero-order chi connectivity index (χ0) is 14.8. The van der Waals surface area contributed by atoms with Gasteiger partial charge in [0.1, 0.15) is 11.5 Å². The third-order valence-corrected chi connectivity index (χ3v) is 3.24. The third kappa shape index (κ3) is 2.49. The van der Waals surface area contributed by atoms with Gasteiger partial charge in [-0.25, -0.2) is 0 Å². The van der Waals surface area contributed by atoms with Crippen molar-refractivity contribution in [3.8, 4) is 17.6 Å². The Morgan fingerprint density at radius 2 is 1.86 bits per heavy atom. The van der Waals surface area contributed by atoms with Crippen LogP contribution in [0, 0.1) is 18.3 Å². The van der Waals surface area contributed by atoms with Crippen molar-refractivity contribution in [2.45, 2.75) is 6.92 Å². The number of nitrogens with zero attached hydrogens (tertiary/aromatic N) is 2. The highest BCUT2D eigenvalue weighted by atomic mass is 16.5. The number of aromatic nitrogens is 1. The molecule has 1 aromatic heterocycles. The minimum atomic E-state index is 0.601. The van der Waals surface area contributed by atoms with Crippen molar-refractivity contribution in [2.75, 3.05) is 5.73 Å². The molecule has 0 saturated carbocycles. The lowest BCUT2D eigenvalue weighted by molar-refractivity contribution is 0.488. The quantitative estimate of drug-likeness (QED) is 0.722. The van der Waals surface area contributed by atoms with Crippen LogP contribution >= 0.6 is 0 Å². The first-order chi connectivity index (χ1) is 10.2. The number of pyridine rings is 1. The predicted octanol–water partition coefficient (Wildman–Crippen LogP) is 3.79. The van der Waals surface area contributed by atoms with E-state index in [1.165, 1.54) is 0 Å². The van der Waals surface area contributed by atoms with Crippen LogP contribution in [0.4, 0.5) is 5.69 Å². The van der Waals surface area contributed by atoms with Crippen LogP contribution in [0.3, 0.4) is 0 Å². The topological polar surface area (TPSA) is 71.9 Å². The van der Waals surface area contributed by atoms with Crippen molar-refractivity contribution in [2.24, 2.45) is 0 Å². The minimum absolute atomic E-state index is 0.601. The fourth-order valence-electron chi connectivity index (χ4n) is 2.15. The number of nitriles is 1. The largest absolute Gasteiger partial charge is 0.457 e. The molecule has 0 radical (unpaired) electrons. The number of anilines is 1. The Morgan fingerprint density at radius 3 is 2.57 bits per heavy atom. The average molecular weight is 275 g/mol. The zero-order valence-corrected chi connectivity index (χ0v) is 11.5. The summed E-state index contributed by atoms with van der Waals surface area (Å²) in [5, 5.41) is 10.6. The summed E-state index contributed by atoms with van der Waals surface area (Å²) in [5.41, 5.74) is 8.15. The second-order valence-electron chi connectivity index (χ2n) is 4.76. The van der Waals surface area contributed by atoms with Crippen molar-refractivity contribution in [1.82, 2.24) is 4.98 Å². The number of hydrogen-bond donors (Lipinski definition) is 1. The zero-order valence-electron chi connectivity index (χ0n) is 11.5. The molecule has 0 atom stereocenters. The molecule has 0 saturated heterocycles. The summed E-state index contributed by atoms with van der Waals surface area (Å²) in [6.45, 7) is 1.92. The van der Waals surface area contributed by atoms with Gasteiger partial charge in [-0.15, -0.1) is 0 Å². The van der Waals surface area contributed by atoms with E-state index in [0.29, 0.717) is 17.0 Å². The second kappa shape index (κ2) is 5.14. The van der Waals surface area contributed by atoms with Gasteiger partial charge in [-0.1, -0.05) is 0 Å². The van der Waals surface area contributed by atoms with Crippen LogP contribution in [-0.2, 0) is 0 Å². The van der Waals surface area contributed by atoms with Crippen LogP contribution in [-0.4, -0.2) is 4.98 Å². The molecule has 0 spiro atoms. The highest BCUT2D eigenvalue weighted by Gasteiger charge is 2.07. The Bertz CT molecular complexity index is 848. The molecule has 1 heterocycles. The van der Waals surface area contributed by atoms with Gasteiger partial charge in [-0.2, -0.15) is 5.26 Å². The van der Waals surface area contributed by atoms with E-state index in [0.717, 1.165) is 22.2 Å². The second-order valence-corrected chi connectivity index (χ2v) is 4.76. The van der Waals surface area contributed by atoms with Gasteiger partial charge in [0, 0.05) is 28.4 Å². The molecule has 102 valence electrons. The molecule has 3 aromatic rings. The van der Waals surface area contributed by atoms with Gasteiger partial charge in [0.2, 0.25) is 0 Å². The number of rotatable bonds is 2. The van der Waals surface area contributed by atoms with E-state index in [-0.39, 0.29) is 0 Å². The lowest BCUT2D eigenvalue weighted by Gasteiger charge is -2.11. The maximum atomic E-state index is 8.81. The van der Waals surface area contributed by atoms with Crippen molar-refractivity contribution in [3.05, 3.63) is 59.9 Å². The summed E-state index contributed by atoms with van der Waals surface area (Å²) < 4.78 is 5.91. The molecule has 4 nitrogen and oxygen atoms in total. The maximum Gasteiger partial charge on any atom is 0.135 e. The van der Waals surface area contributed by atoms with E-state index in [1.54, 1.807) is 36.5 Å². The van der Waals surface area contributed by atoms with E-state index in [2.05, 4.69) is 11.1 Å². The maximum absolute atomic E-state index is 8.81. The Balaban J connectivity index is 2.06. The predicted molar refractivity (Wildman–Crippen MR) is 82.1 cm³/mol. The smallest absolute Gasteiger partial charge is 0.135 e. The van der Waals surface area contributed by atoms with Crippen molar-refractivity contribution in [3.63, 3.8) is 0 Å². The first-order valence-corrected chi connectivity index (χ1v) is 6.50. The normalized spacial score (nSPS) is 10.3. The first-order valence-electron chi connectivity index (χ1n) is 6.50. The van der Waals surface area contributed by atoms with Crippen molar-refractivity contribution in [1.29, 1.82) is 5.26 Å². The summed E-state index contributed by atoms with van der Waals surface area (Å²) >= 11 is 0. The van der Waals surface area contributed by atoms with E-state index >= 15 is 0 Å². The number of hydrogen-bond acceptors (Lipinski definition) is 4. The van der Waals surface area contributed by atoms with Gasteiger partial charge in [0.25, 0.3) is 0 Å². The Hall–Kier alpha value is -3.06. The molecule has 0 amide bonds. The van der Waals surface area contributed by atoms with E-state index in [4.69, 9.17) is 15.7 Å². The number of aryl methyl sites for hydroxylation is 1. The van der Waals surface area contributed by atoms with Gasteiger partial charge in [-0.05, 0) is 49.4 Å². The van der Waals surface area contributed by atoms with Crippen LogP contribution in [0.15, 0.2) is 48.7 Å². The summed E-state index contributed by atoms with van der Waals surface area (Å²) in [5.74, 6) is 1.39. The molecular formula is C17H13N3O. The summed E-state index contributed by atoms with van der Waals surface area (Å²) in [6, 6.07) is 14.7. The lowest BCUT2D eigenvalue weighted by Crippen LogP contribution is -1.93. The Kier molecular flexibility index (Phi) is 3.17. The standard InChI is InChI=1S/C17H13N3O/c1-11-8-14-15(10-20-11)16(19)6-7-17(14)21-13-4-2-12(9-18)3-5-13/h2-8,10H,19H2,1H3. The molecule has 4 heteroatoms. The van der Waals surface area contributed by atoms with E-state index in [9.17, 15) is 0 Å². The van der Waals surface area contributed by atoms with Gasteiger partial charge in [-0.3, -0.25) is 4.98 Å². The molecule has 2 aromatic carbocycles. The molecule has 0 aliphatic carbocycles. The SMILES string of the molecule is Cc1cc2c(Oc3ccc(C#N)cc3)ccc(N)c2cn1. The monoisotopic (exact) mass is 275 g/mol. The molecule has 0 aliphatic rings. The van der Waals surface area contributed by atoms with Crippen LogP contribution in [0.5, 0.6) is 11.5 Å². The number of ether oxygens (including phenoxy) is 1. The highest BCUT2D eigenvalue weighted by Crippen LogP contribution is 2.33. The molecule has 0 aliphatic heterocycles. The fourth-order valence-corrected chi connectivity index (χ4v) is 2.15. The number of nitrogens with two attached hydrogens (primary N) is 1. The molecule has 3 rings (SSSR count). The number of fused-ring (bicyclic) bond motifs is 1.